The maximum Gasteiger partial charge on any atom is 0.335 e. The van der Waals surface area contributed by atoms with Crippen molar-refractivity contribution in [1.29, 1.82) is 0 Å². The fourth-order valence-electron chi connectivity index (χ4n) is 1.63. The maximum atomic E-state index is 12.1. The van der Waals surface area contributed by atoms with Crippen molar-refractivity contribution in [2.45, 2.75) is 18.7 Å². The highest BCUT2D eigenvalue weighted by atomic mass is 35.5. The van der Waals surface area contributed by atoms with Crippen molar-refractivity contribution in [1.82, 2.24) is 19.7 Å². The Balaban J connectivity index is 2.18. The number of hydrogen-bond acceptors (Lipinski definition) is 6. The first-order chi connectivity index (χ1) is 10.7. The van der Waals surface area contributed by atoms with Crippen LogP contribution in [-0.2, 0) is 10.0 Å². The molecule has 0 fully saturated rings. The van der Waals surface area contributed by atoms with Crippen molar-refractivity contribution in [2.75, 3.05) is 5.32 Å². The molecular weight excluding hydrogens is 365 g/mol. The molecule has 23 heavy (non-hydrogen) atoms. The van der Waals surface area contributed by atoms with Gasteiger partial charge in [0.25, 0.3) is 10.0 Å². The van der Waals surface area contributed by atoms with Crippen LogP contribution in [0.3, 0.4) is 0 Å². The van der Waals surface area contributed by atoms with E-state index < -0.39 is 16.1 Å². The number of rotatable bonds is 3. The van der Waals surface area contributed by atoms with Gasteiger partial charge in [0.2, 0.25) is 5.95 Å². The molecule has 122 valence electrons. The van der Waals surface area contributed by atoms with Crippen LogP contribution >= 0.6 is 23.2 Å². The van der Waals surface area contributed by atoms with Crippen molar-refractivity contribution in [3.8, 4) is 0 Å². The number of amides is 2. The Kier molecular flexibility index (Phi) is 5.03. The highest BCUT2D eigenvalue weighted by Gasteiger charge is 2.22. The predicted molar refractivity (Wildman–Crippen MR) is 85.1 cm³/mol. The lowest BCUT2D eigenvalue weighted by Crippen LogP contribution is -2.35. The van der Waals surface area contributed by atoms with Gasteiger partial charge in [0.05, 0.1) is 16.4 Å². The summed E-state index contributed by atoms with van der Waals surface area (Å²) in [5, 5.41) is 2.34. The molecule has 0 aliphatic carbocycles. The van der Waals surface area contributed by atoms with E-state index in [4.69, 9.17) is 23.2 Å². The lowest BCUT2D eigenvalue weighted by molar-refractivity contribution is 0.256. The van der Waals surface area contributed by atoms with E-state index in [-0.39, 0.29) is 16.0 Å². The topological polar surface area (TPSA) is 114 Å². The molecule has 0 aromatic carbocycles. The molecular formula is C12H11Cl2N5O3S. The molecule has 0 saturated heterocycles. The molecule has 2 rings (SSSR count). The molecule has 2 amide bonds. The van der Waals surface area contributed by atoms with Crippen LogP contribution < -0.4 is 10.0 Å². The van der Waals surface area contributed by atoms with Crippen molar-refractivity contribution in [3.63, 3.8) is 0 Å². The first-order valence-electron chi connectivity index (χ1n) is 6.16. The zero-order chi connectivity index (χ0) is 17.2. The third-order valence-electron chi connectivity index (χ3n) is 2.65. The molecule has 0 saturated carbocycles. The average molecular weight is 376 g/mol. The summed E-state index contributed by atoms with van der Waals surface area (Å²) in [6, 6.07) is 1.57. The number of carbonyl (C=O) groups excluding carboxylic acids is 1. The summed E-state index contributed by atoms with van der Waals surface area (Å²) < 4.78 is 26.0. The van der Waals surface area contributed by atoms with Gasteiger partial charge in [-0.2, -0.15) is 0 Å². The molecule has 0 bridgehead atoms. The Morgan fingerprint density at radius 3 is 2.35 bits per heavy atom. The van der Waals surface area contributed by atoms with Crippen LogP contribution in [0.1, 0.15) is 11.4 Å². The summed E-state index contributed by atoms with van der Waals surface area (Å²) >= 11 is 11.6. The van der Waals surface area contributed by atoms with Gasteiger partial charge in [-0.15, -0.1) is 0 Å². The summed E-state index contributed by atoms with van der Waals surface area (Å²) in [7, 11) is -4.18. The fraction of sp³-hybridized carbons (Fsp3) is 0.167. The Morgan fingerprint density at radius 2 is 1.78 bits per heavy atom. The van der Waals surface area contributed by atoms with Crippen molar-refractivity contribution < 1.29 is 13.2 Å². The Labute approximate surface area is 142 Å². The number of sulfonamides is 1. The van der Waals surface area contributed by atoms with Crippen LogP contribution in [0.4, 0.5) is 10.7 Å². The molecule has 0 aliphatic rings. The Morgan fingerprint density at radius 1 is 1.17 bits per heavy atom. The Bertz CT molecular complexity index is 850. The van der Waals surface area contributed by atoms with E-state index in [9.17, 15) is 13.2 Å². The van der Waals surface area contributed by atoms with Gasteiger partial charge in [0.1, 0.15) is 10.0 Å². The molecule has 0 unspecified atom stereocenters. The van der Waals surface area contributed by atoms with E-state index >= 15 is 0 Å². The zero-order valence-corrected chi connectivity index (χ0v) is 14.3. The van der Waals surface area contributed by atoms with E-state index in [1.807, 2.05) is 0 Å². The van der Waals surface area contributed by atoms with Crippen LogP contribution in [0.25, 0.3) is 0 Å². The van der Waals surface area contributed by atoms with Gasteiger partial charge in [0.15, 0.2) is 0 Å². The Hall–Kier alpha value is -1.97. The minimum absolute atomic E-state index is 0.0746. The molecule has 2 aromatic rings. The predicted octanol–water partition coefficient (Wildman–Crippen LogP) is 2.31. The lowest BCUT2D eigenvalue weighted by Gasteiger charge is -2.09. The normalized spacial score (nSPS) is 11.1. The second-order valence-corrected chi connectivity index (χ2v) is 6.77. The molecule has 8 nitrogen and oxygen atoms in total. The van der Waals surface area contributed by atoms with Crippen LogP contribution in [0, 0.1) is 13.8 Å². The molecule has 2 N–H and O–H groups in total. The van der Waals surface area contributed by atoms with E-state index in [0.717, 1.165) is 0 Å². The molecule has 0 spiro atoms. The third kappa shape index (κ3) is 4.06. The van der Waals surface area contributed by atoms with Gasteiger partial charge < -0.3 is 0 Å². The molecule has 2 aromatic heterocycles. The number of aromatic nitrogens is 3. The van der Waals surface area contributed by atoms with Crippen LogP contribution in [-0.4, -0.2) is 29.4 Å². The van der Waals surface area contributed by atoms with Gasteiger partial charge in [-0.05, 0) is 26.0 Å². The summed E-state index contributed by atoms with van der Waals surface area (Å²) in [6.45, 7) is 3.26. The third-order valence-corrected chi connectivity index (χ3v) is 4.97. The molecule has 11 heteroatoms. The minimum atomic E-state index is -4.18. The quantitative estimate of drug-likeness (QED) is 0.795. The lowest BCUT2D eigenvalue weighted by atomic mass is 10.3. The van der Waals surface area contributed by atoms with Crippen molar-refractivity contribution >= 4 is 45.2 Å². The summed E-state index contributed by atoms with van der Waals surface area (Å²) in [4.78, 5) is 23.1. The van der Waals surface area contributed by atoms with E-state index in [1.165, 1.54) is 18.3 Å². The number of pyridine rings is 1. The second kappa shape index (κ2) is 6.65. The number of halogens is 2. The van der Waals surface area contributed by atoms with Gasteiger partial charge in [-0.3, -0.25) is 5.32 Å². The second-order valence-electron chi connectivity index (χ2n) is 4.38. The van der Waals surface area contributed by atoms with Gasteiger partial charge in [-0.1, -0.05) is 23.2 Å². The number of anilines is 1. The number of nitrogens with zero attached hydrogens (tertiary/aromatic N) is 3. The highest BCUT2D eigenvalue weighted by Crippen LogP contribution is 2.19. The smallest absolute Gasteiger partial charge is 0.275 e. The van der Waals surface area contributed by atoms with Crippen molar-refractivity contribution in [3.05, 3.63) is 39.9 Å². The SMILES string of the molecule is Cc1nc(NC(=O)NS(=O)(=O)c2cccnc2Cl)nc(C)c1Cl. The molecule has 0 aliphatic heterocycles. The molecule has 0 atom stereocenters. The van der Waals surface area contributed by atoms with Crippen LogP contribution in [0.15, 0.2) is 23.2 Å². The monoisotopic (exact) mass is 375 g/mol. The van der Waals surface area contributed by atoms with E-state index in [0.29, 0.717) is 16.4 Å². The van der Waals surface area contributed by atoms with Gasteiger partial charge in [0, 0.05) is 6.20 Å². The van der Waals surface area contributed by atoms with E-state index in [2.05, 4.69) is 20.3 Å². The number of nitrogens with one attached hydrogen (secondary N) is 2. The number of hydrogen-bond donors (Lipinski definition) is 2. The fourth-order valence-corrected chi connectivity index (χ4v) is 3.08. The maximum absolute atomic E-state index is 12.1. The standard InChI is InChI=1S/C12H11Cl2N5O3S/c1-6-9(13)7(2)17-11(16-6)18-12(20)19-23(21,22)8-4-3-5-15-10(8)14/h3-5H,1-2H3,(H2,16,17,18,19,20). The van der Waals surface area contributed by atoms with E-state index in [1.54, 1.807) is 18.6 Å². The number of carbonyl (C=O) groups is 1. The average Bonchev–Trinajstić information content (AvgIpc) is 2.44. The highest BCUT2D eigenvalue weighted by molar-refractivity contribution is 7.90. The van der Waals surface area contributed by atoms with Crippen molar-refractivity contribution in [2.24, 2.45) is 0 Å². The molecule has 2 heterocycles. The first kappa shape index (κ1) is 17.4. The van der Waals surface area contributed by atoms with Crippen LogP contribution in [0.5, 0.6) is 0 Å². The number of urea groups is 1. The minimum Gasteiger partial charge on any atom is -0.275 e. The summed E-state index contributed by atoms with van der Waals surface area (Å²) in [6.07, 6.45) is 1.33. The number of aryl methyl sites for hydroxylation is 2. The van der Waals surface area contributed by atoms with Gasteiger partial charge >= 0.3 is 6.03 Å². The molecule has 0 radical (unpaired) electrons. The first-order valence-corrected chi connectivity index (χ1v) is 8.39. The summed E-state index contributed by atoms with van der Waals surface area (Å²) in [5.41, 5.74) is 0.903. The van der Waals surface area contributed by atoms with Crippen LogP contribution in [0.2, 0.25) is 10.2 Å². The van der Waals surface area contributed by atoms with Gasteiger partial charge in [-0.25, -0.2) is 32.9 Å². The zero-order valence-electron chi connectivity index (χ0n) is 12.0. The summed E-state index contributed by atoms with van der Waals surface area (Å²) in [5.74, 6) is -0.0746. The largest absolute Gasteiger partial charge is 0.335 e.